The molecule has 2 aliphatic heterocycles. The molecule has 3 heterocycles. The number of anilines is 1. The average molecular weight is 335 g/mol. The number of nitrogens with zero attached hydrogens (tertiary/aromatic N) is 3. The third-order valence-corrected chi connectivity index (χ3v) is 5.38. The summed E-state index contributed by atoms with van der Waals surface area (Å²) in [5.41, 5.74) is 1.45. The number of hydrogen-bond donors (Lipinski definition) is 0. The van der Waals surface area contributed by atoms with Crippen LogP contribution in [0.15, 0.2) is 54.9 Å². The molecule has 25 heavy (non-hydrogen) atoms. The molecular weight excluding hydrogens is 314 g/mol. The number of pyridine rings is 1. The summed E-state index contributed by atoms with van der Waals surface area (Å²) in [6, 6.07) is 13.5. The molecule has 1 spiro atoms. The van der Waals surface area contributed by atoms with Gasteiger partial charge in [0.1, 0.15) is 0 Å². The Hall–Kier alpha value is -2.69. The quantitative estimate of drug-likeness (QED) is 0.865. The first-order valence-electron chi connectivity index (χ1n) is 8.72. The van der Waals surface area contributed by atoms with Crippen molar-refractivity contribution in [1.29, 1.82) is 0 Å². The molecule has 0 bridgehead atoms. The number of amides is 2. The SMILES string of the molecule is O=C(Cc1ccccc1)N1CC[C@]2(CCN(c3cccnc3)C2=O)C1. The molecule has 128 valence electrons. The Morgan fingerprint density at radius 3 is 2.64 bits per heavy atom. The molecule has 0 unspecified atom stereocenters. The van der Waals surface area contributed by atoms with E-state index in [-0.39, 0.29) is 11.8 Å². The zero-order chi connectivity index (χ0) is 17.3. The van der Waals surface area contributed by atoms with Gasteiger partial charge in [-0.15, -0.1) is 0 Å². The number of hydrogen-bond acceptors (Lipinski definition) is 3. The van der Waals surface area contributed by atoms with Crippen LogP contribution in [0.5, 0.6) is 0 Å². The Bertz CT molecular complexity index is 778. The number of carbonyl (C=O) groups is 2. The van der Waals surface area contributed by atoms with E-state index in [0.717, 1.165) is 24.1 Å². The second-order valence-electron chi connectivity index (χ2n) is 6.93. The van der Waals surface area contributed by atoms with Crippen LogP contribution in [0.2, 0.25) is 0 Å². The first kappa shape index (κ1) is 15.8. The van der Waals surface area contributed by atoms with E-state index in [2.05, 4.69) is 4.98 Å². The van der Waals surface area contributed by atoms with Crippen LogP contribution in [-0.4, -0.2) is 41.3 Å². The van der Waals surface area contributed by atoms with Crippen molar-refractivity contribution in [3.05, 3.63) is 60.4 Å². The highest BCUT2D eigenvalue weighted by molar-refractivity contribution is 6.00. The van der Waals surface area contributed by atoms with Crippen LogP contribution >= 0.6 is 0 Å². The second-order valence-corrected chi connectivity index (χ2v) is 6.93. The van der Waals surface area contributed by atoms with Gasteiger partial charge in [-0.25, -0.2) is 0 Å². The number of aromatic nitrogens is 1. The lowest BCUT2D eigenvalue weighted by atomic mass is 9.85. The Balaban J connectivity index is 1.45. The van der Waals surface area contributed by atoms with Gasteiger partial charge >= 0.3 is 0 Å². The van der Waals surface area contributed by atoms with Crippen molar-refractivity contribution >= 4 is 17.5 Å². The number of benzene rings is 1. The molecule has 1 atom stereocenters. The van der Waals surface area contributed by atoms with Crippen LogP contribution in [0.4, 0.5) is 5.69 Å². The normalized spacial score (nSPS) is 22.8. The molecule has 0 N–H and O–H groups in total. The molecule has 0 radical (unpaired) electrons. The largest absolute Gasteiger partial charge is 0.341 e. The lowest BCUT2D eigenvalue weighted by Crippen LogP contribution is -2.38. The van der Waals surface area contributed by atoms with Crippen molar-refractivity contribution in [2.45, 2.75) is 19.3 Å². The molecular formula is C20H21N3O2. The van der Waals surface area contributed by atoms with E-state index in [0.29, 0.717) is 26.1 Å². The van der Waals surface area contributed by atoms with Gasteiger partial charge in [-0.05, 0) is 30.5 Å². The van der Waals surface area contributed by atoms with Gasteiger partial charge in [0.25, 0.3) is 0 Å². The van der Waals surface area contributed by atoms with Crippen LogP contribution in [0, 0.1) is 5.41 Å². The summed E-state index contributed by atoms with van der Waals surface area (Å²) in [4.78, 5) is 33.4. The summed E-state index contributed by atoms with van der Waals surface area (Å²) in [5.74, 6) is 0.242. The van der Waals surface area contributed by atoms with Crippen LogP contribution in [-0.2, 0) is 16.0 Å². The molecule has 2 saturated heterocycles. The van der Waals surface area contributed by atoms with Gasteiger partial charge in [0.05, 0.1) is 23.7 Å². The van der Waals surface area contributed by atoms with Crippen molar-refractivity contribution in [1.82, 2.24) is 9.88 Å². The molecule has 2 fully saturated rings. The third-order valence-electron chi connectivity index (χ3n) is 5.38. The molecule has 2 aromatic rings. The fraction of sp³-hybridized carbons (Fsp3) is 0.350. The van der Waals surface area contributed by atoms with Crippen LogP contribution in [0.3, 0.4) is 0 Å². The highest BCUT2D eigenvalue weighted by Gasteiger charge is 2.51. The summed E-state index contributed by atoms with van der Waals surface area (Å²) in [5, 5.41) is 0. The predicted molar refractivity (Wildman–Crippen MR) is 95.0 cm³/mol. The molecule has 4 rings (SSSR count). The zero-order valence-corrected chi connectivity index (χ0v) is 14.1. The summed E-state index contributed by atoms with van der Waals surface area (Å²) >= 11 is 0. The van der Waals surface area contributed by atoms with Gasteiger partial charge in [-0.2, -0.15) is 0 Å². The van der Waals surface area contributed by atoms with E-state index < -0.39 is 5.41 Å². The average Bonchev–Trinajstić information content (AvgIpc) is 3.22. The minimum atomic E-state index is -0.414. The van der Waals surface area contributed by atoms with Crippen molar-refractivity contribution in [2.24, 2.45) is 5.41 Å². The number of likely N-dealkylation sites (tertiary alicyclic amines) is 1. The summed E-state index contributed by atoms with van der Waals surface area (Å²) < 4.78 is 0. The fourth-order valence-corrected chi connectivity index (χ4v) is 3.93. The van der Waals surface area contributed by atoms with E-state index in [4.69, 9.17) is 0 Å². The van der Waals surface area contributed by atoms with Gasteiger partial charge in [0, 0.05) is 25.8 Å². The Kier molecular flexibility index (Phi) is 3.99. The van der Waals surface area contributed by atoms with Gasteiger partial charge < -0.3 is 9.80 Å². The van der Waals surface area contributed by atoms with E-state index in [1.807, 2.05) is 52.3 Å². The molecule has 1 aromatic heterocycles. The van der Waals surface area contributed by atoms with Crippen LogP contribution in [0.25, 0.3) is 0 Å². The van der Waals surface area contributed by atoms with Gasteiger partial charge in [-0.3, -0.25) is 14.6 Å². The zero-order valence-electron chi connectivity index (χ0n) is 14.1. The molecule has 0 aliphatic carbocycles. The smallest absolute Gasteiger partial charge is 0.235 e. The monoisotopic (exact) mass is 335 g/mol. The Morgan fingerprint density at radius 2 is 1.88 bits per heavy atom. The maximum absolute atomic E-state index is 13.0. The van der Waals surface area contributed by atoms with E-state index in [9.17, 15) is 9.59 Å². The van der Waals surface area contributed by atoms with Crippen molar-refractivity contribution in [3.8, 4) is 0 Å². The molecule has 5 heteroatoms. The molecule has 0 saturated carbocycles. The van der Waals surface area contributed by atoms with Crippen LogP contribution < -0.4 is 4.90 Å². The summed E-state index contributed by atoms with van der Waals surface area (Å²) in [6.07, 6.45) is 5.39. The minimum Gasteiger partial charge on any atom is -0.341 e. The Morgan fingerprint density at radius 1 is 1.08 bits per heavy atom. The number of rotatable bonds is 3. The Labute approximate surface area is 147 Å². The fourth-order valence-electron chi connectivity index (χ4n) is 3.93. The lowest BCUT2D eigenvalue weighted by molar-refractivity contribution is -0.130. The maximum atomic E-state index is 13.0. The highest BCUT2D eigenvalue weighted by atomic mass is 16.2. The first-order chi connectivity index (χ1) is 12.2. The topological polar surface area (TPSA) is 53.5 Å². The summed E-state index contributed by atoms with van der Waals surface area (Å²) in [7, 11) is 0. The molecule has 2 amide bonds. The third kappa shape index (κ3) is 2.90. The molecule has 1 aromatic carbocycles. The minimum absolute atomic E-state index is 0.107. The second kappa shape index (κ2) is 6.31. The lowest BCUT2D eigenvalue weighted by Gasteiger charge is -2.23. The first-order valence-corrected chi connectivity index (χ1v) is 8.72. The number of carbonyl (C=O) groups excluding carboxylic acids is 2. The van der Waals surface area contributed by atoms with Gasteiger partial charge in [-0.1, -0.05) is 30.3 Å². The van der Waals surface area contributed by atoms with Crippen LogP contribution in [0.1, 0.15) is 18.4 Å². The standard InChI is InChI=1S/C20H21N3O2/c24-18(13-16-5-2-1-3-6-16)22-11-8-20(15-22)9-12-23(19(20)25)17-7-4-10-21-14-17/h1-7,10,14H,8-9,11-13,15H2/t20-/m0/s1. The van der Waals surface area contributed by atoms with Crippen molar-refractivity contribution in [2.75, 3.05) is 24.5 Å². The molecule has 5 nitrogen and oxygen atoms in total. The van der Waals surface area contributed by atoms with E-state index in [1.54, 1.807) is 12.4 Å². The summed E-state index contributed by atoms with van der Waals surface area (Å²) in [6.45, 7) is 1.90. The maximum Gasteiger partial charge on any atom is 0.235 e. The van der Waals surface area contributed by atoms with E-state index in [1.165, 1.54) is 0 Å². The highest BCUT2D eigenvalue weighted by Crippen LogP contribution is 2.42. The van der Waals surface area contributed by atoms with Gasteiger partial charge in [0.2, 0.25) is 11.8 Å². The molecule has 2 aliphatic rings. The van der Waals surface area contributed by atoms with Gasteiger partial charge in [0.15, 0.2) is 0 Å². The van der Waals surface area contributed by atoms with Crippen molar-refractivity contribution in [3.63, 3.8) is 0 Å². The predicted octanol–water partition coefficient (Wildman–Crippen LogP) is 2.28. The van der Waals surface area contributed by atoms with E-state index >= 15 is 0 Å². The van der Waals surface area contributed by atoms with Crippen molar-refractivity contribution < 1.29 is 9.59 Å².